The Morgan fingerprint density at radius 3 is 3.00 bits per heavy atom. The van der Waals surface area contributed by atoms with E-state index in [1.165, 1.54) is 12.2 Å². The van der Waals surface area contributed by atoms with Crippen LogP contribution in [0.15, 0.2) is 30.5 Å². The van der Waals surface area contributed by atoms with Gasteiger partial charge in [0.1, 0.15) is 11.6 Å². The molecule has 0 saturated carbocycles. The summed E-state index contributed by atoms with van der Waals surface area (Å²) in [7, 11) is 0. The molecule has 1 aromatic heterocycles. The van der Waals surface area contributed by atoms with Gasteiger partial charge in [-0.15, -0.1) is 5.10 Å². The van der Waals surface area contributed by atoms with Crippen molar-refractivity contribution < 1.29 is 13.6 Å². The Bertz CT molecular complexity index is 805. The Labute approximate surface area is 150 Å². The zero-order chi connectivity index (χ0) is 18.5. The van der Waals surface area contributed by atoms with Gasteiger partial charge in [0.05, 0.1) is 5.69 Å². The summed E-state index contributed by atoms with van der Waals surface area (Å²) in [4.78, 5) is 14.1. The fourth-order valence-electron chi connectivity index (χ4n) is 3.11. The van der Waals surface area contributed by atoms with Gasteiger partial charge in [-0.05, 0) is 43.0 Å². The first-order valence-corrected chi connectivity index (χ1v) is 8.56. The lowest BCUT2D eigenvalue weighted by Crippen LogP contribution is -2.40. The van der Waals surface area contributed by atoms with Crippen molar-refractivity contribution in [2.45, 2.75) is 25.9 Å². The summed E-state index contributed by atoms with van der Waals surface area (Å²) in [5.41, 5.74) is 6.32. The Balaban J connectivity index is 1.60. The van der Waals surface area contributed by atoms with Gasteiger partial charge in [0.25, 0.3) is 0 Å². The molecule has 6 nitrogen and oxygen atoms in total. The number of carbonyl (C=O) groups is 1. The molecule has 138 valence electrons. The maximum atomic E-state index is 13.6. The van der Waals surface area contributed by atoms with Crippen LogP contribution in [0.3, 0.4) is 0 Å². The van der Waals surface area contributed by atoms with Gasteiger partial charge in [-0.1, -0.05) is 5.21 Å². The number of amides is 1. The van der Waals surface area contributed by atoms with Crippen LogP contribution in [0.4, 0.5) is 8.78 Å². The number of benzene rings is 1. The maximum Gasteiger partial charge on any atom is 0.246 e. The van der Waals surface area contributed by atoms with Crippen LogP contribution in [0.1, 0.15) is 24.1 Å². The van der Waals surface area contributed by atoms with E-state index >= 15 is 0 Å². The third-order valence-corrected chi connectivity index (χ3v) is 4.43. The fourth-order valence-corrected chi connectivity index (χ4v) is 3.11. The number of nitrogens with zero attached hydrogens (tertiary/aromatic N) is 4. The molecular weight excluding hydrogens is 340 g/mol. The lowest BCUT2D eigenvalue weighted by atomic mass is 9.98. The molecule has 0 spiro atoms. The summed E-state index contributed by atoms with van der Waals surface area (Å²) >= 11 is 0. The van der Waals surface area contributed by atoms with Crippen LogP contribution in [0.2, 0.25) is 0 Å². The molecule has 8 heteroatoms. The van der Waals surface area contributed by atoms with Gasteiger partial charge in [-0.3, -0.25) is 9.48 Å². The van der Waals surface area contributed by atoms with Crippen LogP contribution in [0.25, 0.3) is 6.08 Å². The van der Waals surface area contributed by atoms with E-state index in [4.69, 9.17) is 5.73 Å². The molecular formula is C18H21F2N5O. The van der Waals surface area contributed by atoms with Crippen LogP contribution in [0.5, 0.6) is 0 Å². The Morgan fingerprint density at radius 1 is 1.38 bits per heavy atom. The van der Waals surface area contributed by atoms with Crippen molar-refractivity contribution in [3.8, 4) is 0 Å². The molecule has 3 rings (SSSR count). The molecule has 0 bridgehead atoms. The minimum Gasteiger partial charge on any atom is -0.339 e. The molecule has 1 aromatic carbocycles. The average molecular weight is 361 g/mol. The van der Waals surface area contributed by atoms with Gasteiger partial charge in [-0.2, -0.15) is 0 Å². The minimum absolute atomic E-state index is 0.0591. The lowest BCUT2D eigenvalue weighted by molar-refractivity contribution is -0.127. The largest absolute Gasteiger partial charge is 0.339 e. The average Bonchev–Trinajstić information content (AvgIpc) is 3.10. The van der Waals surface area contributed by atoms with Crippen molar-refractivity contribution in [3.05, 3.63) is 53.4 Å². The van der Waals surface area contributed by atoms with Gasteiger partial charge in [0.2, 0.25) is 5.91 Å². The van der Waals surface area contributed by atoms with Gasteiger partial charge in [-0.25, -0.2) is 8.78 Å². The molecule has 1 aliphatic rings. The normalized spacial score (nSPS) is 17.8. The number of halogens is 2. The van der Waals surface area contributed by atoms with E-state index in [9.17, 15) is 13.6 Å². The Kier molecular flexibility index (Phi) is 5.72. The molecule has 2 N–H and O–H groups in total. The van der Waals surface area contributed by atoms with E-state index in [0.29, 0.717) is 26.2 Å². The van der Waals surface area contributed by atoms with E-state index in [-0.39, 0.29) is 17.4 Å². The summed E-state index contributed by atoms with van der Waals surface area (Å²) in [6.45, 7) is 2.25. The lowest BCUT2D eigenvalue weighted by Gasteiger charge is -2.32. The Morgan fingerprint density at radius 2 is 2.23 bits per heavy atom. The van der Waals surface area contributed by atoms with Crippen LogP contribution < -0.4 is 5.73 Å². The van der Waals surface area contributed by atoms with Gasteiger partial charge >= 0.3 is 0 Å². The van der Waals surface area contributed by atoms with Gasteiger partial charge in [0, 0.05) is 44.0 Å². The third kappa shape index (κ3) is 4.51. The number of nitrogens with two attached hydrogens (primary N) is 1. The predicted octanol–water partition coefficient (Wildman–Crippen LogP) is 1.97. The summed E-state index contributed by atoms with van der Waals surface area (Å²) in [5.74, 6) is -1.05. The standard InChI is InChI=1S/C18H21F2N5O/c19-15-4-5-17(20)14(8-15)3-6-18(26)24-7-1-2-13(10-24)11-25-12-16(9-21)22-23-25/h3-6,8,12-13H,1-2,7,9-11,21H2/b6-3+. The number of aromatic nitrogens is 3. The quantitative estimate of drug-likeness (QED) is 0.826. The molecule has 2 heterocycles. The maximum absolute atomic E-state index is 13.6. The monoisotopic (exact) mass is 361 g/mol. The topological polar surface area (TPSA) is 77.0 Å². The number of hydrogen-bond donors (Lipinski definition) is 1. The van der Waals surface area contributed by atoms with E-state index in [1.807, 2.05) is 6.20 Å². The number of piperidine rings is 1. The van der Waals surface area contributed by atoms with E-state index < -0.39 is 11.6 Å². The van der Waals surface area contributed by atoms with Crippen molar-refractivity contribution in [1.29, 1.82) is 0 Å². The van der Waals surface area contributed by atoms with E-state index in [0.717, 1.165) is 36.7 Å². The second-order valence-corrected chi connectivity index (χ2v) is 6.43. The summed E-state index contributed by atoms with van der Waals surface area (Å²) in [5, 5.41) is 8.00. The van der Waals surface area contributed by atoms with Crippen molar-refractivity contribution in [2.75, 3.05) is 13.1 Å². The molecule has 1 fully saturated rings. The first-order valence-electron chi connectivity index (χ1n) is 8.56. The molecule has 1 aliphatic heterocycles. The van der Waals surface area contributed by atoms with Gasteiger partial charge < -0.3 is 10.6 Å². The highest BCUT2D eigenvalue weighted by Gasteiger charge is 2.23. The number of rotatable bonds is 5. The highest BCUT2D eigenvalue weighted by molar-refractivity contribution is 5.91. The smallest absolute Gasteiger partial charge is 0.246 e. The molecule has 0 aliphatic carbocycles. The number of carbonyl (C=O) groups excluding carboxylic acids is 1. The minimum atomic E-state index is -0.561. The molecule has 26 heavy (non-hydrogen) atoms. The van der Waals surface area contributed by atoms with Crippen molar-refractivity contribution >= 4 is 12.0 Å². The SMILES string of the molecule is NCc1cn(CC2CCCN(C(=O)/C=C/c3cc(F)ccc3F)C2)nn1. The molecule has 0 radical (unpaired) electrons. The van der Waals surface area contributed by atoms with Crippen LogP contribution in [-0.4, -0.2) is 38.9 Å². The second kappa shape index (κ2) is 8.18. The second-order valence-electron chi connectivity index (χ2n) is 6.43. The highest BCUT2D eigenvalue weighted by atomic mass is 19.1. The van der Waals surface area contributed by atoms with Crippen molar-refractivity contribution in [2.24, 2.45) is 11.7 Å². The zero-order valence-electron chi connectivity index (χ0n) is 14.3. The first kappa shape index (κ1) is 18.2. The number of hydrogen-bond acceptors (Lipinski definition) is 4. The summed E-state index contributed by atoms with van der Waals surface area (Å²) in [6, 6.07) is 3.16. The van der Waals surface area contributed by atoms with Crippen molar-refractivity contribution in [1.82, 2.24) is 19.9 Å². The van der Waals surface area contributed by atoms with Crippen LogP contribution in [-0.2, 0) is 17.9 Å². The summed E-state index contributed by atoms with van der Waals surface area (Å²) in [6.07, 6.45) is 6.30. The van der Waals surface area contributed by atoms with Crippen LogP contribution in [0, 0.1) is 17.6 Å². The van der Waals surface area contributed by atoms with E-state index in [1.54, 1.807) is 9.58 Å². The molecule has 1 atom stereocenters. The molecule has 1 amide bonds. The predicted molar refractivity (Wildman–Crippen MR) is 92.6 cm³/mol. The zero-order valence-corrected chi connectivity index (χ0v) is 14.3. The molecule has 2 aromatic rings. The highest BCUT2D eigenvalue weighted by Crippen LogP contribution is 2.19. The fraction of sp³-hybridized carbons (Fsp3) is 0.389. The first-order chi connectivity index (χ1) is 12.5. The van der Waals surface area contributed by atoms with Gasteiger partial charge in [0.15, 0.2) is 0 Å². The molecule has 1 saturated heterocycles. The summed E-state index contributed by atoms with van der Waals surface area (Å²) < 4.78 is 28.6. The van der Waals surface area contributed by atoms with Crippen molar-refractivity contribution in [3.63, 3.8) is 0 Å². The third-order valence-electron chi connectivity index (χ3n) is 4.43. The number of likely N-dealkylation sites (tertiary alicyclic amines) is 1. The Hall–Kier alpha value is -2.61. The van der Waals surface area contributed by atoms with Crippen LogP contribution >= 0.6 is 0 Å². The molecule has 1 unspecified atom stereocenters. The van der Waals surface area contributed by atoms with E-state index in [2.05, 4.69) is 10.3 Å².